The molecule has 4 aromatic rings. The molecule has 0 unspecified atom stereocenters. The van der Waals surface area contributed by atoms with E-state index in [4.69, 9.17) is 0 Å². The van der Waals surface area contributed by atoms with Crippen LogP contribution in [0.5, 0.6) is 11.5 Å². The molecular weight excluding hydrogens is 360 g/mol. The molecule has 0 bridgehead atoms. The molecule has 5 rings (SSSR count). The van der Waals surface area contributed by atoms with Gasteiger partial charge in [0.15, 0.2) is 5.78 Å². The molecule has 0 saturated heterocycles. The SMILES string of the molecule is O=C1c2ccccc2C(c2ccc(O)cc2)(c2ccc(O)cc2)c2ccccc21. The summed E-state index contributed by atoms with van der Waals surface area (Å²) in [6, 6.07) is 29.6. The van der Waals surface area contributed by atoms with Gasteiger partial charge >= 0.3 is 0 Å². The standard InChI is InChI=1S/C26H18O3/c27-19-13-9-17(10-14-19)26(18-11-15-20(28)16-12-18)23-7-3-1-5-21(23)25(29)22-6-2-4-8-24(22)26/h1-16,27-28H. The lowest BCUT2D eigenvalue weighted by molar-refractivity contribution is 0.103. The van der Waals surface area contributed by atoms with E-state index in [-0.39, 0.29) is 17.3 Å². The second kappa shape index (κ2) is 6.35. The number of carbonyl (C=O) groups excluding carboxylic acids is 1. The Kier molecular flexibility index (Phi) is 3.78. The number of hydrogen-bond acceptors (Lipinski definition) is 3. The largest absolute Gasteiger partial charge is 0.508 e. The molecule has 0 amide bonds. The molecule has 1 aliphatic carbocycles. The van der Waals surface area contributed by atoms with Crippen LogP contribution in [0, 0.1) is 0 Å². The quantitative estimate of drug-likeness (QED) is 0.453. The highest BCUT2D eigenvalue weighted by Gasteiger charge is 2.46. The van der Waals surface area contributed by atoms with E-state index in [0.29, 0.717) is 11.1 Å². The first-order valence-corrected chi connectivity index (χ1v) is 9.45. The first-order chi connectivity index (χ1) is 14.1. The Morgan fingerprint density at radius 1 is 0.517 bits per heavy atom. The first-order valence-electron chi connectivity index (χ1n) is 9.45. The lowest BCUT2D eigenvalue weighted by Gasteiger charge is -2.41. The maximum atomic E-state index is 13.3. The smallest absolute Gasteiger partial charge is 0.193 e. The second-order valence-electron chi connectivity index (χ2n) is 7.26. The van der Waals surface area contributed by atoms with Crippen molar-refractivity contribution < 1.29 is 15.0 Å². The fourth-order valence-corrected chi connectivity index (χ4v) is 4.52. The molecule has 0 saturated carbocycles. The Hall–Kier alpha value is -3.85. The van der Waals surface area contributed by atoms with Crippen LogP contribution in [0.3, 0.4) is 0 Å². The van der Waals surface area contributed by atoms with Crippen LogP contribution in [-0.2, 0) is 5.41 Å². The third-order valence-corrected chi connectivity index (χ3v) is 5.75. The summed E-state index contributed by atoms with van der Waals surface area (Å²) in [5.74, 6) is 0.371. The molecule has 29 heavy (non-hydrogen) atoms. The van der Waals surface area contributed by atoms with Gasteiger partial charge in [-0.2, -0.15) is 0 Å². The number of rotatable bonds is 2. The molecule has 3 nitrogen and oxygen atoms in total. The van der Waals surface area contributed by atoms with E-state index in [1.807, 2.05) is 72.8 Å². The molecule has 140 valence electrons. The number of phenols is 2. The van der Waals surface area contributed by atoms with Crippen molar-refractivity contribution >= 4 is 5.78 Å². The Morgan fingerprint density at radius 2 is 0.897 bits per heavy atom. The fourth-order valence-electron chi connectivity index (χ4n) is 4.52. The van der Waals surface area contributed by atoms with Gasteiger partial charge in [0.25, 0.3) is 0 Å². The minimum Gasteiger partial charge on any atom is -0.508 e. The fraction of sp³-hybridized carbons (Fsp3) is 0.0385. The molecular formula is C26H18O3. The predicted octanol–water partition coefficient (Wildman–Crippen LogP) is 5.02. The third-order valence-electron chi connectivity index (χ3n) is 5.75. The Balaban J connectivity index is 1.98. The molecule has 0 aromatic heterocycles. The normalized spacial score (nSPS) is 14.1. The number of fused-ring (bicyclic) bond motifs is 2. The van der Waals surface area contributed by atoms with E-state index in [2.05, 4.69) is 0 Å². The van der Waals surface area contributed by atoms with Crippen molar-refractivity contribution in [3.63, 3.8) is 0 Å². The summed E-state index contributed by atoms with van der Waals surface area (Å²) < 4.78 is 0. The highest BCUT2D eigenvalue weighted by atomic mass is 16.3. The summed E-state index contributed by atoms with van der Waals surface area (Å²) >= 11 is 0. The monoisotopic (exact) mass is 378 g/mol. The van der Waals surface area contributed by atoms with E-state index in [0.717, 1.165) is 22.3 Å². The van der Waals surface area contributed by atoms with Gasteiger partial charge in [0.05, 0.1) is 5.41 Å². The lowest BCUT2D eigenvalue weighted by Crippen LogP contribution is -2.38. The molecule has 3 heteroatoms. The third kappa shape index (κ3) is 2.41. The maximum Gasteiger partial charge on any atom is 0.193 e. The van der Waals surface area contributed by atoms with Gasteiger partial charge < -0.3 is 10.2 Å². The van der Waals surface area contributed by atoms with Crippen molar-refractivity contribution in [1.29, 1.82) is 0 Å². The van der Waals surface area contributed by atoms with Crippen molar-refractivity contribution in [3.05, 3.63) is 130 Å². The van der Waals surface area contributed by atoms with Gasteiger partial charge in [0, 0.05) is 11.1 Å². The van der Waals surface area contributed by atoms with Crippen LogP contribution in [0.25, 0.3) is 0 Å². The summed E-state index contributed by atoms with van der Waals surface area (Å²) in [5.41, 5.74) is 4.23. The topological polar surface area (TPSA) is 57.5 Å². The maximum absolute atomic E-state index is 13.3. The minimum atomic E-state index is -0.748. The van der Waals surface area contributed by atoms with E-state index >= 15 is 0 Å². The summed E-state index contributed by atoms with van der Waals surface area (Å²) in [6.07, 6.45) is 0. The van der Waals surface area contributed by atoms with Crippen molar-refractivity contribution in [1.82, 2.24) is 0 Å². The van der Waals surface area contributed by atoms with Crippen molar-refractivity contribution in [2.45, 2.75) is 5.41 Å². The number of ketones is 1. The van der Waals surface area contributed by atoms with Crippen LogP contribution in [0.2, 0.25) is 0 Å². The molecule has 0 aliphatic heterocycles. The molecule has 2 N–H and O–H groups in total. The average Bonchev–Trinajstić information content (AvgIpc) is 2.76. The zero-order chi connectivity index (χ0) is 20.0. The zero-order valence-electron chi connectivity index (χ0n) is 15.5. The highest BCUT2D eigenvalue weighted by molar-refractivity contribution is 6.14. The van der Waals surface area contributed by atoms with Crippen molar-refractivity contribution in [3.8, 4) is 11.5 Å². The minimum absolute atomic E-state index is 0.00406. The van der Waals surface area contributed by atoms with Crippen LogP contribution in [0.1, 0.15) is 38.2 Å². The van der Waals surface area contributed by atoms with Crippen LogP contribution in [-0.4, -0.2) is 16.0 Å². The van der Waals surface area contributed by atoms with E-state index < -0.39 is 5.41 Å². The van der Waals surface area contributed by atoms with Gasteiger partial charge in [0.2, 0.25) is 0 Å². The van der Waals surface area contributed by atoms with Gasteiger partial charge in [-0.05, 0) is 46.5 Å². The van der Waals surface area contributed by atoms with Gasteiger partial charge in [-0.3, -0.25) is 4.79 Å². The van der Waals surface area contributed by atoms with Crippen LogP contribution >= 0.6 is 0 Å². The average molecular weight is 378 g/mol. The van der Waals surface area contributed by atoms with Crippen LogP contribution in [0.4, 0.5) is 0 Å². The molecule has 4 aromatic carbocycles. The number of carbonyl (C=O) groups is 1. The second-order valence-corrected chi connectivity index (χ2v) is 7.26. The van der Waals surface area contributed by atoms with E-state index in [1.54, 1.807) is 24.3 Å². The van der Waals surface area contributed by atoms with E-state index in [1.165, 1.54) is 0 Å². The number of aromatic hydroxyl groups is 2. The predicted molar refractivity (Wildman–Crippen MR) is 112 cm³/mol. The zero-order valence-corrected chi connectivity index (χ0v) is 15.5. The highest BCUT2D eigenvalue weighted by Crippen LogP contribution is 2.51. The molecule has 0 atom stereocenters. The summed E-state index contributed by atoms with van der Waals surface area (Å²) in [4.78, 5) is 13.3. The van der Waals surface area contributed by atoms with Gasteiger partial charge in [-0.15, -0.1) is 0 Å². The van der Waals surface area contributed by atoms with Gasteiger partial charge in [0.1, 0.15) is 11.5 Å². The Bertz CT molecular complexity index is 1120. The summed E-state index contributed by atoms with van der Waals surface area (Å²) in [5, 5.41) is 19.8. The van der Waals surface area contributed by atoms with Crippen LogP contribution < -0.4 is 0 Å². The lowest BCUT2D eigenvalue weighted by atomic mass is 9.59. The molecule has 0 radical (unpaired) electrons. The number of benzene rings is 4. The molecule has 0 heterocycles. The Labute approximate surface area is 168 Å². The Morgan fingerprint density at radius 3 is 1.31 bits per heavy atom. The molecule has 1 aliphatic rings. The number of hydrogen-bond donors (Lipinski definition) is 2. The molecule has 0 fully saturated rings. The molecule has 0 spiro atoms. The van der Waals surface area contributed by atoms with Gasteiger partial charge in [-0.1, -0.05) is 72.8 Å². The van der Waals surface area contributed by atoms with Gasteiger partial charge in [-0.25, -0.2) is 0 Å². The van der Waals surface area contributed by atoms with E-state index in [9.17, 15) is 15.0 Å². The first kappa shape index (κ1) is 17.3. The van der Waals surface area contributed by atoms with Crippen molar-refractivity contribution in [2.24, 2.45) is 0 Å². The van der Waals surface area contributed by atoms with Crippen LogP contribution in [0.15, 0.2) is 97.1 Å². The summed E-state index contributed by atoms with van der Waals surface area (Å²) in [7, 11) is 0. The van der Waals surface area contributed by atoms with Crippen molar-refractivity contribution in [2.75, 3.05) is 0 Å². The summed E-state index contributed by atoms with van der Waals surface area (Å²) in [6.45, 7) is 0. The number of phenolic OH excluding ortho intramolecular Hbond substituents is 2.